The molecular formula is C20H22O8. The lowest BCUT2D eigenvalue weighted by molar-refractivity contribution is -0.148. The molecule has 8 nitrogen and oxygen atoms in total. The van der Waals surface area contributed by atoms with Crippen LogP contribution in [0.4, 0.5) is 0 Å². The summed E-state index contributed by atoms with van der Waals surface area (Å²) in [4.78, 5) is 38.4. The normalized spacial score (nSPS) is 23.8. The van der Waals surface area contributed by atoms with Crippen LogP contribution < -0.4 is 9.47 Å². The molecule has 1 aromatic carbocycles. The number of ether oxygens (including phenoxy) is 5. The molecule has 0 amide bonds. The standard InChI is InChI=1S/C20H22O8/c1-9-14-16(20(27-5)12(28-9)8-13(21)25-3)17(22)10-6-7-11(24-2)19(26-4)15(10)18(14)23/h6-7,9,12,20H,8H2,1-5H3/t9-,12+,20-/m1/s1. The molecule has 28 heavy (non-hydrogen) atoms. The number of methoxy groups -OCH3 is 4. The van der Waals surface area contributed by atoms with Crippen molar-refractivity contribution >= 4 is 17.5 Å². The summed E-state index contributed by atoms with van der Waals surface area (Å²) in [6.07, 6.45) is -2.43. The molecular weight excluding hydrogens is 368 g/mol. The van der Waals surface area contributed by atoms with Crippen LogP contribution in [0.15, 0.2) is 23.3 Å². The van der Waals surface area contributed by atoms with Gasteiger partial charge in [-0.1, -0.05) is 0 Å². The fraction of sp³-hybridized carbons (Fsp3) is 0.450. The number of esters is 1. The first-order valence-electron chi connectivity index (χ1n) is 8.73. The summed E-state index contributed by atoms with van der Waals surface area (Å²) in [5.74, 6) is -0.691. The van der Waals surface area contributed by atoms with Gasteiger partial charge in [-0.25, -0.2) is 0 Å². The number of benzene rings is 1. The lowest BCUT2D eigenvalue weighted by Gasteiger charge is -2.39. The van der Waals surface area contributed by atoms with E-state index in [4.69, 9.17) is 23.7 Å². The Morgan fingerprint density at radius 2 is 1.75 bits per heavy atom. The number of hydrogen-bond donors (Lipinski definition) is 0. The molecule has 8 heteroatoms. The Morgan fingerprint density at radius 1 is 1.04 bits per heavy atom. The van der Waals surface area contributed by atoms with E-state index in [2.05, 4.69) is 0 Å². The third-order valence-corrected chi connectivity index (χ3v) is 5.05. The molecule has 1 aromatic rings. The summed E-state index contributed by atoms with van der Waals surface area (Å²) in [5, 5.41) is 0. The number of fused-ring (bicyclic) bond motifs is 1. The average molecular weight is 390 g/mol. The van der Waals surface area contributed by atoms with Crippen molar-refractivity contribution in [1.29, 1.82) is 0 Å². The van der Waals surface area contributed by atoms with Gasteiger partial charge in [-0.2, -0.15) is 0 Å². The van der Waals surface area contributed by atoms with Crippen molar-refractivity contribution in [3.05, 3.63) is 34.4 Å². The molecule has 2 aliphatic rings. The molecule has 0 saturated heterocycles. The number of carbonyl (C=O) groups is 3. The first-order chi connectivity index (χ1) is 13.4. The first kappa shape index (κ1) is 20.0. The number of hydrogen-bond acceptors (Lipinski definition) is 8. The molecule has 0 aromatic heterocycles. The number of Topliss-reactive ketones (excluding diaryl/α,β-unsaturated/α-hetero) is 2. The molecule has 0 unspecified atom stereocenters. The summed E-state index contributed by atoms with van der Waals surface area (Å²) < 4.78 is 26.7. The zero-order valence-corrected chi connectivity index (χ0v) is 16.4. The van der Waals surface area contributed by atoms with Gasteiger partial charge in [-0.3, -0.25) is 14.4 Å². The predicted octanol–water partition coefficient (Wildman–Crippen LogP) is 1.74. The van der Waals surface area contributed by atoms with E-state index in [1.54, 1.807) is 13.0 Å². The van der Waals surface area contributed by atoms with E-state index < -0.39 is 24.3 Å². The molecule has 0 fully saturated rings. The van der Waals surface area contributed by atoms with Gasteiger partial charge in [-0.15, -0.1) is 0 Å². The van der Waals surface area contributed by atoms with Gasteiger partial charge >= 0.3 is 5.97 Å². The summed E-state index contributed by atoms with van der Waals surface area (Å²) in [7, 11) is 5.53. The van der Waals surface area contributed by atoms with Gasteiger partial charge in [0.25, 0.3) is 0 Å². The molecule has 1 aliphatic carbocycles. The van der Waals surface area contributed by atoms with E-state index in [1.165, 1.54) is 34.5 Å². The molecule has 0 bridgehead atoms. The molecule has 1 heterocycles. The van der Waals surface area contributed by atoms with Gasteiger partial charge in [0.05, 0.1) is 45.5 Å². The van der Waals surface area contributed by atoms with Crippen LogP contribution in [0, 0.1) is 0 Å². The second kappa shape index (κ2) is 7.73. The molecule has 3 atom stereocenters. The van der Waals surface area contributed by atoms with E-state index in [0.29, 0.717) is 5.75 Å². The van der Waals surface area contributed by atoms with Crippen LogP contribution in [0.5, 0.6) is 11.5 Å². The molecule has 0 N–H and O–H groups in total. The summed E-state index contributed by atoms with van der Waals surface area (Å²) in [6.45, 7) is 1.66. The highest BCUT2D eigenvalue weighted by Crippen LogP contribution is 2.43. The molecule has 1 aliphatic heterocycles. The highest BCUT2D eigenvalue weighted by Gasteiger charge is 2.47. The van der Waals surface area contributed by atoms with Crippen LogP contribution in [0.25, 0.3) is 0 Å². The lowest BCUT2D eigenvalue weighted by Crippen LogP contribution is -2.48. The fourth-order valence-electron chi connectivity index (χ4n) is 3.81. The fourth-order valence-corrected chi connectivity index (χ4v) is 3.81. The average Bonchev–Trinajstić information content (AvgIpc) is 2.70. The maximum atomic E-state index is 13.3. The first-order valence-corrected chi connectivity index (χ1v) is 8.73. The van der Waals surface area contributed by atoms with E-state index in [0.717, 1.165) is 0 Å². The zero-order valence-electron chi connectivity index (χ0n) is 16.4. The van der Waals surface area contributed by atoms with Gasteiger partial charge in [0, 0.05) is 23.8 Å². The van der Waals surface area contributed by atoms with E-state index in [1.807, 2.05) is 0 Å². The maximum Gasteiger partial charge on any atom is 0.308 e. The Labute approximate surface area is 162 Å². The quantitative estimate of drug-likeness (QED) is 0.702. The largest absolute Gasteiger partial charge is 0.493 e. The second-order valence-electron chi connectivity index (χ2n) is 6.46. The SMILES string of the molecule is COC(=O)C[C@@H]1O[C@H](C)C2=C(C(=O)c3ccc(OC)c(OC)c3C2=O)[C@@H]1OC. The monoisotopic (exact) mass is 390 g/mol. The Bertz CT molecular complexity index is 869. The summed E-state index contributed by atoms with van der Waals surface area (Å²) in [5.41, 5.74) is 0.758. The third-order valence-electron chi connectivity index (χ3n) is 5.05. The maximum absolute atomic E-state index is 13.3. The van der Waals surface area contributed by atoms with Crippen molar-refractivity contribution in [2.45, 2.75) is 31.7 Å². The minimum Gasteiger partial charge on any atom is -0.493 e. The molecule has 3 rings (SSSR count). The Hall–Kier alpha value is -2.71. The smallest absolute Gasteiger partial charge is 0.308 e. The van der Waals surface area contributed by atoms with Crippen LogP contribution in [0.3, 0.4) is 0 Å². The number of rotatable bonds is 5. The van der Waals surface area contributed by atoms with E-state index >= 15 is 0 Å². The Kier molecular flexibility index (Phi) is 5.53. The van der Waals surface area contributed by atoms with E-state index in [9.17, 15) is 14.4 Å². The zero-order chi connectivity index (χ0) is 20.6. The molecule has 0 saturated carbocycles. The van der Waals surface area contributed by atoms with Crippen LogP contribution in [-0.4, -0.2) is 64.3 Å². The van der Waals surface area contributed by atoms with Crippen molar-refractivity contribution in [3.63, 3.8) is 0 Å². The van der Waals surface area contributed by atoms with Crippen LogP contribution in [0.2, 0.25) is 0 Å². The molecule has 0 radical (unpaired) electrons. The third kappa shape index (κ3) is 2.98. The van der Waals surface area contributed by atoms with Crippen molar-refractivity contribution in [3.8, 4) is 11.5 Å². The molecule has 150 valence electrons. The molecule has 0 spiro atoms. The summed E-state index contributed by atoms with van der Waals surface area (Å²) in [6, 6.07) is 3.10. The lowest BCUT2D eigenvalue weighted by atomic mass is 9.76. The van der Waals surface area contributed by atoms with Gasteiger partial charge in [0.15, 0.2) is 23.1 Å². The second-order valence-corrected chi connectivity index (χ2v) is 6.46. The number of carbonyl (C=O) groups excluding carboxylic acids is 3. The summed E-state index contributed by atoms with van der Waals surface area (Å²) >= 11 is 0. The van der Waals surface area contributed by atoms with Crippen molar-refractivity contribution in [2.24, 2.45) is 0 Å². The highest BCUT2D eigenvalue weighted by molar-refractivity contribution is 6.29. The number of ketones is 2. The van der Waals surface area contributed by atoms with Crippen LogP contribution in [-0.2, 0) is 19.0 Å². The van der Waals surface area contributed by atoms with Gasteiger partial charge in [0.2, 0.25) is 0 Å². The van der Waals surface area contributed by atoms with Gasteiger partial charge in [0.1, 0.15) is 6.10 Å². The van der Waals surface area contributed by atoms with Crippen LogP contribution >= 0.6 is 0 Å². The Balaban J connectivity index is 2.16. The van der Waals surface area contributed by atoms with Crippen LogP contribution in [0.1, 0.15) is 34.1 Å². The topological polar surface area (TPSA) is 97.4 Å². The predicted molar refractivity (Wildman–Crippen MR) is 97.0 cm³/mol. The van der Waals surface area contributed by atoms with Crippen molar-refractivity contribution in [1.82, 2.24) is 0 Å². The minimum absolute atomic E-state index is 0.101. The Morgan fingerprint density at radius 3 is 2.32 bits per heavy atom. The minimum atomic E-state index is -0.872. The van der Waals surface area contributed by atoms with Gasteiger partial charge in [-0.05, 0) is 19.1 Å². The van der Waals surface area contributed by atoms with E-state index in [-0.39, 0.29) is 46.0 Å². The van der Waals surface area contributed by atoms with Crippen molar-refractivity contribution in [2.75, 3.05) is 28.4 Å². The highest BCUT2D eigenvalue weighted by atomic mass is 16.6. The van der Waals surface area contributed by atoms with Crippen molar-refractivity contribution < 1.29 is 38.1 Å². The van der Waals surface area contributed by atoms with Gasteiger partial charge < -0.3 is 23.7 Å².